The Balaban J connectivity index is 2.63. The lowest BCUT2D eigenvalue weighted by molar-refractivity contribution is 0.521. The molecule has 0 unspecified atom stereocenters. The molecule has 2 rings (SSSR count). The molecule has 1 N–H and O–H groups in total. The van der Waals surface area contributed by atoms with Gasteiger partial charge in [0.2, 0.25) is 0 Å². The van der Waals surface area contributed by atoms with E-state index in [1.165, 1.54) is 22.3 Å². The van der Waals surface area contributed by atoms with Crippen molar-refractivity contribution in [1.82, 2.24) is 14.8 Å². The summed E-state index contributed by atoms with van der Waals surface area (Å²) in [7, 11) is 0. The van der Waals surface area contributed by atoms with E-state index in [2.05, 4.69) is 61.5 Å². The van der Waals surface area contributed by atoms with Crippen LogP contribution in [0.2, 0.25) is 0 Å². The Labute approximate surface area is 119 Å². The number of hydrogen-bond acceptors (Lipinski definition) is 2. The summed E-state index contributed by atoms with van der Waals surface area (Å²) in [5, 5.41) is 7.36. The Morgan fingerprint density at radius 1 is 1.21 bits per heavy atom. The highest BCUT2D eigenvalue weighted by Gasteiger charge is 2.14. The summed E-state index contributed by atoms with van der Waals surface area (Å²) in [6.07, 6.45) is 0. The molecule has 0 aliphatic rings. The molecule has 0 saturated heterocycles. The number of nitrogens with zero attached hydrogens (tertiary/aromatic N) is 2. The Hall–Kier alpha value is -1.42. The third-order valence-electron chi connectivity index (χ3n) is 3.21. The summed E-state index contributed by atoms with van der Waals surface area (Å²) in [6, 6.07) is 4.39. The van der Waals surface area contributed by atoms with Crippen LogP contribution in [0.1, 0.15) is 30.5 Å². The van der Waals surface area contributed by atoms with Crippen LogP contribution in [0.4, 0.5) is 0 Å². The van der Waals surface area contributed by atoms with Crippen molar-refractivity contribution >= 4 is 12.2 Å². The SMILES string of the molecule is Cc1cc(C)c(-c2n[nH]c(=S)n2CC(C)C)c(C)c1. The van der Waals surface area contributed by atoms with Gasteiger partial charge < -0.3 is 0 Å². The average Bonchev–Trinajstić information content (AvgIpc) is 2.59. The van der Waals surface area contributed by atoms with Crippen LogP contribution in [0.3, 0.4) is 0 Å². The van der Waals surface area contributed by atoms with Gasteiger partial charge in [0.1, 0.15) is 0 Å². The first-order chi connectivity index (χ1) is 8.90. The van der Waals surface area contributed by atoms with Gasteiger partial charge in [-0.05, 0) is 50.0 Å². The average molecular weight is 275 g/mol. The number of aryl methyl sites for hydroxylation is 3. The highest BCUT2D eigenvalue weighted by atomic mass is 32.1. The minimum atomic E-state index is 0.536. The second-order valence-corrected chi connectivity index (χ2v) is 6.02. The zero-order valence-corrected chi connectivity index (χ0v) is 13.1. The predicted octanol–water partition coefficient (Wildman–Crippen LogP) is 4.19. The number of hydrogen-bond donors (Lipinski definition) is 1. The van der Waals surface area contributed by atoms with Gasteiger partial charge in [0.05, 0.1) is 0 Å². The molecule has 102 valence electrons. The molecule has 1 aromatic carbocycles. The Bertz CT molecular complexity index is 627. The highest BCUT2D eigenvalue weighted by Crippen LogP contribution is 2.27. The van der Waals surface area contributed by atoms with Gasteiger partial charge in [0.25, 0.3) is 0 Å². The lowest BCUT2D eigenvalue weighted by Gasteiger charge is -2.14. The lowest BCUT2D eigenvalue weighted by atomic mass is 9.99. The summed E-state index contributed by atoms with van der Waals surface area (Å²) < 4.78 is 2.80. The first-order valence-electron chi connectivity index (χ1n) is 6.63. The lowest BCUT2D eigenvalue weighted by Crippen LogP contribution is -2.07. The molecule has 1 heterocycles. The molecule has 0 aliphatic carbocycles. The maximum Gasteiger partial charge on any atom is 0.195 e. The standard InChI is InChI=1S/C15H21N3S/c1-9(2)8-18-14(16-17-15(18)19)13-11(4)6-10(3)7-12(13)5/h6-7,9H,8H2,1-5H3,(H,17,19). The van der Waals surface area contributed by atoms with E-state index in [4.69, 9.17) is 12.2 Å². The van der Waals surface area contributed by atoms with Crippen LogP contribution in [0.5, 0.6) is 0 Å². The number of aromatic nitrogens is 3. The van der Waals surface area contributed by atoms with Crippen molar-refractivity contribution in [1.29, 1.82) is 0 Å². The predicted molar refractivity (Wildman–Crippen MR) is 81.9 cm³/mol. The summed E-state index contributed by atoms with van der Waals surface area (Å²) in [4.78, 5) is 0. The quantitative estimate of drug-likeness (QED) is 0.852. The molecule has 19 heavy (non-hydrogen) atoms. The molecular formula is C15H21N3S. The van der Waals surface area contributed by atoms with E-state index >= 15 is 0 Å². The topological polar surface area (TPSA) is 33.6 Å². The Morgan fingerprint density at radius 2 is 1.79 bits per heavy atom. The van der Waals surface area contributed by atoms with Crippen molar-refractivity contribution in [2.45, 2.75) is 41.2 Å². The van der Waals surface area contributed by atoms with Gasteiger partial charge in [-0.1, -0.05) is 31.5 Å². The first-order valence-corrected chi connectivity index (χ1v) is 7.04. The molecular weight excluding hydrogens is 254 g/mol. The molecule has 1 aromatic heterocycles. The molecule has 0 atom stereocenters. The van der Waals surface area contributed by atoms with Gasteiger partial charge in [-0.3, -0.25) is 9.67 Å². The van der Waals surface area contributed by atoms with E-state index in [9.17, 15) is 0 Å². The van der Waals surface area contributed by atoms with Crippen LogP contribution >= 0.6 is 12.2 Å². The van der Waals surface area contributed by atoms with Gasteiger partial charge in [0, 0.05) is 12.1 Å². The molecule has 0 aliphatic heterocycles. The smallest absolute Gasteiger partial charge is 0.195 e. The minimum absolute atomic E-state index is 0.536. The fourth-order valence-corrected chi connectivity index (χ4v) is 2.78. The fraction of sp³-hybridized carbons (Fsp3) is 0.467. The second kappa shape index (κ2) is 5.29. The normalized spacial score (nSPS) is 11.3. The summed E-state index contributed by atoms with van der Waals surface area (Å²) in [5.41, 5.74) is 4.97. The summed E-state index contributed by atoms with van der Waals surface area (Å²) in [6.45, 7) is 11.6. The van der Waals surface area contributed by atoms with Crippen LogP contribution < -0.4 is 0 Å². The molecule has 0 spiro atoms. The number of H-pyrrole nitrogens is 1. The number of nitrogens with one attached hydrogen (secondary N) is 1. The van der Waals surface area contributed by atoms with Crippen LogP contribution in [-0.4, -0.2) is 14.8 Å². The highest BCUT2D eigenvalue weighted by molar-refractivity contribution is 7.71. The van der Waals surface area contributed by atoms with Gasteiger partial charge >= 0.3 is 0 Å². The van der Waals surface area contributed by atoms with Gasteiger partial charge in [-0.25, -0.2) is 0 Å². The maximum atomic E-state index is 5.35. The van der Waals surface area contributed by atoms with E-state index in [1.807, 2.05) is 0 Å². The van der Waals surface area contributed by atoms with E-state index < -0.39 is 0 Å². The number of aromatic amines is 1. The molecule has 0 fully saturated rings. The van der Waals surface area contributed by atoms with Crippen molar-refractivity contribution in [3.05, 3.63) is 33.6 Å². The number of benzene rings is 1. The molecule has 3 nitrogen and oxygen atoms in total. The zero-order chi connectivity index (χ0) is 14.2. The maximum absolute atomic E-state index is 5.35. The third kappa shape index (κ3) is 2.78. The van der Waals surface area contributed by atoms with E-state index in [0.29, 0.717) is 10.7 Å². The van der Waals surface area contributed by atoms with Crippen molar-refractivity contribution in [2.24, 2.45) is 5.92 Å². The monoisotopic (exact) mass is 275 g/mol. The van der Waals surface area contributed by atoms with Gasteiger partial charge in [-0.2, -0.15) is 5.10 Å². The van der Waals surface area contributed by atoms with Crippen LogP contribution in [0, 0.1) is 31.5 Å². The van der Waals surface area contributed by atoms with E-state index in [-0.39, 0.29) is 0 Å². The van der Waals surface area contributed by atoms with E-state index in [1.54, 1.807) is 0 Å². The number of rotatable bonds is 3. The fourth-order valence-electron chi connectivity index (χ4n) is 2.58. The van der Waals surface area contributed by atoms with E-state index in [0.717, 1.165) is 12.4 Å². The summed E-state index contributed by atoms with van der Waals surface area (Å²) in [5.74, 6) is 1.49. The van der Waals surface area contributed by atoms with Crippen molar-refractivity contribution in [3.8, 4) is 11.4 Å². The molecule has 0 saturated carbocycles. The largest absolute Gasteiger partial charge is 0.300 e. The molecule has 0 bridgehead atoms. The van der Waals surface area contributed by atoms with Crippen molar-refractivity contribution in [3.63, 3.8) is 0 Å². The van der Waals surface area contributed by atoms with Gasteiger partial charge in [-0.15, -0.1) is 0 Å². The minimum Gasteiger partial charge on any atom is -0.300 e. The van der Waals surface area contributed by atoms with Crippen LogP contribution in [-0.2, 0) is 6.54 Å². The second-order valence-electron chi connectivity index (χ2n) is 5.63. The van der Waals surface area contributed by atoms with Crippen LogP contribution in [0.25, 0.3) is 11.4 Å². The molecule has 0 amide bonds. The molecule has 0 radical (unpaired) electrons. The van der Waals surface area contributed by atoms with Gasteiger partial charge in [0.15, 0.2) is 10.6 Å². The molecule has 4 heteroatoms. The Kier molecular flexibility index (Phi) is 3.90. The molecule has 2 aromatic rings. The third-order valence-corrected chi connectivity index (χ3v) is 3.52. The van der Waals surface area contributed by atoms with Crippen molar-refractivity contribution < 1.29 is 0 Å². The van der Waals surface area contributed by atoms with Crippen molar-refractivity contribution in [2.75, 3.05) is 0 Å². The summed E-state index contributed by atoms with van der Waals surface area (Å²) >= 11 is 5.35. The first kappa shape index (κ1) is 14.0. The van der Waals surface area contributed by atoms with Crippen LogP contribution in [0.15, 0.2) is 12.1 Å². The zero-order valence-electron chi connectivity index (χ0n) is 12.2. The Morgan fingerprint density at radius 3 is 2.32 bits per heavy atom.